The second-order valence-electron chi connectivity index (χ2n) is 17.2. The van der Waals surface area contributed by atoms with Gasteiger partial charge >= 0.3 is 0 Å². The molecule has 0 saturated carbocycles. The average Bonchev–Trinajstić information content (AvgIpc) is 3.53. The van der Waals surface area contributed by atoms with Gasteiger partial charge in [0.2, 0.25) is 0 Å². The number of nitrogens with zero attached hydrogens (tertiary/aromatic N) is 2. The Kier molecular flexibility index (Phi) is 11.1. The smallest absolute Gasteiger partial charge is 0.0853 e. The van der Waals surface area contributed by atoms with Crippen LogP contribution in [-0.4, -0.2) is 25.5 Å². The third-order valence-corrected chi connectivity index (χ3v) is 13.1. The molecule has 4 nitrogen and oxygen atoms in total. The predicted octanol–water partition coefficient (Wildman–Crippen LogP) is 12.8. The normalized spacial score (nSPS) is 24.0. The van der Waals surface area contributed by atoms with Crippen molar-refractivity contribution in [1.29, 1.82) is 0 Å². The molecule has 0 bridgehead atoms. The number of hydrogen-bond acceptors (Lipinski definition) is 4. The van der Waals surface area contributed by atoms with E-state index in [1.54, 1.807) is 7.11 Å². The highest BCUT2D eigenvalue weighted by molar-refractivity contribution is 5.88. The molecular weight excluding hydrogens is 731 g/mol. The van der Waals surface area contributed by atoms with E-state index in [9.17, 15) is 0 Å². The third-order valence-electron chi connectivity index (χ3n) is 13.1. The zero-order valence-electron chi connectivity index (χ0n) is 35.0. The van der Waals surface area contributed by atoms with Gasteiger partial charge in [0.25, 0.3) is 0 Å². The van der Waals surface area contributed by atoms with Crippen LogP contribution in [-0.2, 0) is 10.2 Å². The summed E-state index contributed by atoms with van der Waals surface area (Å²) in [6.45, 7) is 9.37. The Hall–Kier alpha value is -6.07. The quantitative estimate of drug-likeness (QED) is 0.172. The van der Waals surface area contributed by atoms with Crippen molar-refractivity contribution in [1.82, 2.24) is 0 Å². The van der Waals surface area contributed by atoms with Crippen molar-refractivity contribution in [3.63, 3.8) is 0 Å². The number of hydrogen-bond donors (Lipinski definition) is 1. The lowest BCUT2D eigenvalue weighted by Crippen LogP contribution is -2.28. The van der Waals surface area contributed by atoms with E-state index in [4.69, 9.17) is 15.5 Å². The minimum absolute atomic E-state index is 0.0799. The molecule has 9 rings (SSSR count). The summed E-state index contributed by atoms with van der Waals surface area (Å²) < 4.78 is 6.03. The molecule has 0 fully saturated rings. The van der Waals surface area contributed by atoms with Crippen molar-refractivity contribution < 1.29 is 4.74 Å². The standard InChI is InChI=1S/C56H55N3O/c1-38-49-35-44(43-21-13-16-39(34-43)37-58-52(42-19-9-6-10-20-42)36-51(57)41-17-7-5-8-18-41)29-32-53(49)59(33-15-26-54(38)60-4)45-30-27-40(28-31-45)46-23-14-24-48-47-22-11-12-25-50(47)56(2,3)55(46)48/h5-17,19,21-25,27-34,36-37,41-42,44,51,54H,1,18,20,26,35,57H2,2-4H3/b33-15-,52-36-,58-37?/t41?,42?,44?,51?,54-/m0/s1. The molecule has 0 saturated heterocycles. The Balaban J connectivity index is 0.989. The number of benzene rings is 4. The molecule has 1 aliphatic heterocycles. The van der Waals surface area contributed by atoms with E-state index in [2.05, 4.69) is 195 Å². The second kappa shape index (κ2) is 16.9. The van der Waals surface area contributed by atoms with Crippen molar-refractivity contribution in [2.24, 2.45) is 22.6 Å². The van der Waals surface area contributed by atoms with Gasteiger partial charge in [0.15, 0.2) is 0 Å². The zero-order valence-corrected chi connectivity index (χ0v) is 35.0. The number of methoxy groups -OCH3 is 1. The maximum absolute atomic E-state index is 6.76. The first-order valence-corrected chi connectivity index (χ1v) is 21.5. The summed E-state index contributed by atoms with van der Waals surface area (Å²) in [6, 6.07) is 33.4. The number of anilines is 1. The van der Waals surface area contributed by atoms with Crippen molar-refractivity contribution >= 4 is 11.9 Å². The van der Waals surface area contributed by atoms with E-state index in [0.29, 0.717) is 0 Å². The topological polar surface area (TPSA) is 50.8 Å². The van der Waals surface area contributed by atoms with Gasteiger partial charge in [-0.3, -0.25) is 4.99 Å². The van der Waals surface area contributed by atoms with E-state index in [0.717, 1.165) is 53.9 Å². The first-order valence-electron chi connectivity index (χ1n) is 21.5. The van der Waals surface area contributed by atoms with Crippen LogP contribution >= 0.6 is 0 Å². The van der Waals surface area contributed by atoms with Gasteiger partial charge < -0.3 is 15.4 Å². The average molecular weight is 786 g/mol. The number of allylic oxidation sites excluding steroid dienone is 9. The summed E-state index contributed by atoms with van der Waals surface area (Å²) in [5, 5.41) is 0. The SMILES string of the molecule is C=C1C2=C(C=CC(c3cccc(C=N/C(=C\C(N)C4C=CC=CC4)C4C=CC=CC4)c3)C2)N(c2ccc(-c3cccc4c3C(C)(C)c3ccccc3-4)cc2)/C=C\C[C@@H]1OC. The lowest BCUT2D eigenvalue weighted by molar-refractivity contribution is 0.135. The highest BCUT2D eigenvalue weighted by Gasteiger charge is 2.37. The summed E-state index contributed by atoms with van der Waals surface area (Å²) in [7, 11) is 1.79. The number of fused-ring (bicyclic) bond motifs is 3. The Bertz CT molecular complexity index is 2570. The molecule has 300 valence electrons. The summed E-state index contributed by atoms with van der Waals surface area (Å²) in [4.78, 5) is 7.45. The van der Waals surface area contributed by atoms with E-state index >= 15 is 0 Å². The maximum Gasteiger partial charge on any atom is 0.0853 e. The lowest BCUT2D eigenvalue weighted by atomic mass is 9.79. The van der Waals surface area contributed by atoms with Gasteiger partial charge in [-0.1, -0.05) is 154 Å². The van der Waals surface area contributed by atoms with Gasteiger partial charge in [0, 0.05) is 59.9 Å². The Labute approximate surface area is 356 Å². The molecule has 2 N–H and O–H groups in total. The molecule has 5 aliphatic rings. The molecular formula is C56H55N3O. The molecule has 0 aromatic heterocycles. The van der Waals surface area contributed by atoms with Crippen LogP contribution in [0.2, 0.25) is 0 Å². The summed E-state index contributed by atoms with van der Waals surface area (Å²) in [5.41, 5.74) is 22.5. The summed E-state index contributed by atoms with van der Waals surface area (Å²) in [6.07, 6.45) is 33.9. The molecule has 4 unspecified atom stereocenters. The predicted molar refractivity (Wildman–Crippen MR) is 252 cm³/mol. The van der Waals surface area contributed by atoms with Crippen LogP contribution < -0.4 is 10.6 Å². The molecule has 0 radical (unpaired) electrons. The molecule has 1 heterocycles. The largest absolute Gasteiger partial charge is 0.376 e. The molecule has 4 aromatic carbocycles. The summed E-state index contributed by atoms with van der Waals surface area (Å²) in [5.74, 6) is 0.649. The fourth-order valence-electron chi connectivity index (χ4n) is 9.80. The van der Waals surface area contributed by atoms with Gasteiger partial charge in [0.1, 0.15) is 0 Å². The van der Waals surface area contributed by atoms with E-state index in [-0.39, 0.29) is 35.3 Å². The molecule has 0 amide bonds. The number of ether oxygens (including phenoxy) is 1. The van der Waals surface area contributed by atoms with Crippen LogP contribution in [0.25, 0.3) is 22.3 Å². The highest BCUT2D eigenvalue weighted by Crippen LogP contribution is 2.52. The van der Waals surface area contributed by atoms with Crippen LogP contribution in [0.4, 0.5) is 5.69 Å². The van der Waals surface area contributed by atoms with Crippen LogP contribution in [0, 0.1) is 11.8 Å². The van der Waals surface area contributed by atoms with Crippen LogP contribution in [0.15, 0.2) is 204 Å². The molecule has 4 aliphatic carbocycles. The van der Waals surface area contributed by atoms with Crippen molar-refractivity contribution in [2.45, 2.75) is 63.0 Å². The highest BCUT2D eigenvalue weighted by atomic mass is 16.5. The van der Waals surface area contributed by atoms with Gasteiger partial charge in [0.05, 0.1) is 6.10 Å². The monoisotopic (exact) mass is 785 g/mol. The number of nitrogens with two attached hydrogens (primary N) is 1. The van der Waals surface area contributed by atoms with E-state index in [1.165, 1.54) is 44.5 Å². The Morgan fingerprint density at radius 3 is 2.38 bits per heavy atom. The first kappa shape index (κ1) is 39.4. The van der Waals surface area contributed by atoms with E-state index < -0.39 is 0 Å². The molecule has 4 aromatic rings. The maximum atomic E-state index is 6.76. The zero-order chi connectivity index (χ0) is 41.2. The van der Waals surface area contributed by atoms with E-state index in [1.807, 2.05) is 6.21 Å². The molecule has 0 spiro atoms. The van der Waals surface area contributed by atoms with Crippen LogP contribution in [0.1, 0.15) is 67.7 Å². The van der Waals surface area contributed by atoms with Gasteiger partial charge in [-0.2, -0.15) is 0 Å². The second-order valence-corrected chi connectivity index (χ2v) is 17.2. The lowest BCUT2D eigenvalue weighted by Gasteiger charge is -2.34. The van der Waals surface area contributed by atoms with Crippen molar-refractivity contribution in [3.05, 3.63) is 221 Å². The fraction of sp³-hybridized carbons (Fsp3) is 0.232. The minimum Gasteiger partial charge on any atom is -0.376 e. The molecule has 5 atom stereocenters. The van der Waals surface area contributed by atoms with Crippen molar-refractivity contribution in [2.75, 3.05) is 12.0 Å². The minimum atomic E-state index is -0.102. The van der Waals surface area contributed by atoms with Crippen LogP contribution in [0.3, 0.4) is 0 Å². The third kappa shape index (κ3) is 7.62. The summed E-state index contributed by atoms with van der Waals surface area (Å²) >= 11 is 0. The number of rotatable bonds is 9. The first-order chi connectivity index (χ1) is 29.3. The van der Waals surface area contributed by atoms with Gasteiger partial charge in [-0.25, -0.2) is 0 Å². The fourth-order valence-corrected chi connectivity index (χ4v) is 9.80. The van der Waals surface area contributed by atoms with Crippen LogP contribution in [0.5, 0.6) is 0 Å². The number of aliphatic imine (C=N–C) groups is 1. The van der Waals surface area contributed by atoms with Crippen molar-refractivity contribution in [3.8, 4) is 22.3 Å². The molecule has 60 heavy (non-hydrogen) atoms. The molecule has 4 heteroatoms. The van der Waals surface area contributed by atoms with Gasteiger partial charge in [-0.15, -0.1) is 0 Å². The van der Waals surface area contributed by atoms with Gasteiger partial charge in [-0.05, 0) is 118 Å². The Morgan fingerprint density at radius 1 is 0.833 bits per heavy atom. The Morgan fingerprint density at radius 2 is 1.60 bits per heavy atom.